The van der Waals surface area contributed by atoms with Crippen molar-refractivity contribution in [1.82, 2.24) is 19.9 Å². The first-order chi connectivity index (χ1) is 12.2. The minimum Gasteiger partial charge on any atom is -0.368 e. The minimum atomic E-state index is 0.932. The highest BCUT2D eigenvalue weighted by molar-refractivity contribution is 5.81. The minimum absolute atomic E-state index is 0.932. The maximum absolute atomic E-state index is 4.44. The SMILES string of the molecule is CN(C)c1cc(N2CCN(c3ccc4ncncc4c3)CC2)ncn1. The van der Waals surface area contributed by atoms with Crippen LogP contribution >= 0.6 is 0 Å². The Balaban J connectivity index is 1.48. The van der Waals surface area contributed by atoms with Crippen molar-refractivity contribution in [1.29, 1.82) is 0 Å². The molecule has 0 amide bonds. The third-order valence-corrected chi connectivity index (χ3v) is 4.55. The van der Waals surface area contributed by atoms with Gasteiger partial charge in [-0.2, -0.15) is 0 Å². The van der Waals surface area contributed by atoms with Gasteiger partial charge < -0.3 is 14.7 Å². The fourth-order valence-corrected chi connectivity index (χ4v) is 3.12. The van der Waals surface area contributed by atoms with E-state index in [-0.39, 0.29) is 0 Å². The zero-order valence-corrected chi connectivity index (χ0v) is 14.5. The van der Waals surface area contributed by atoms with Crippen molar-refractivity contribution < 1.29 is 0 Å². The summed E-state index contributed by atoms with van der Waals surface area (Å²) in [7, 11) is 3.99. The van der Waals surface area contributed by atoms with E-state index >= 15 is 0 Å². The Hall–Kier alpha value is -2.96. The van der Waals surface area contributed by atoms with Gasteiger partial charge in [-0.15, -0.1) is 0 Å². The third-order valence-electron chi connectivity index (χ3n) is 4.55. The zero-order valence-electron chi connectivity index (χ0n) is 14.5. The molecule has 0 saturated carbocycles. The molecule has 0 radical (unpaired) electrons. The van der Waals surface area contributed by atoms with Gasteiger partial charge in [0.1, 0.15) is 24.3 Å². The lowest BCUT2D eigenvalue weighted by atomic mass is 10.2. The Morgan fingerprint density at radius 1 is 0.880 bits per heavy atom. The summed E-state index contributed by atoms with van der Waals surface area (Å²) in [5.74, 6) is 1.92. The first kappa shape index (κ1) is 15.6. The molecule has 1 aliphatic rings. The summed E-state index contributed by atoms with van der Waals surface area (Å²) in [5, 5.41) is 1.08. The van der Waals surface area contributed by atoms with E-state index in [1.807, 2.05) is 31.3 Å². The zero-order chi connectivity index (χ0) is 17.2. The molecule has 25 heavy (non-hydrogen) atoms. The van der Waals surface area contributed by atoms with Crippen molar-refractivity contribution in [2.24, 2.45) is 0 Å². The monoisotopic (exact) mass is 335 g/mol. The van der Waals surface area contributed by atoms with Crippen molar-refractivity contribution >= 4 is 28.2 Å². The number of fused-ring (bicyclic) bond motifs is 1. The Kier molecular flexibility index (Phi) is 4.05. The largest absolute Gasteiger partial charge is 0.368 e. The Bertz CT molecular complexity index is 872. The predicted octanol–water partition coefficient (Wildman–Crippen LogP) is 1.81. The van der Waals surface area contributed by atoms with Crippen LogP contribution in [0.2, 0.25) is 0 Å². The molecule has 7 heteroatoms. The van der Waals surface area contributed by atoms with Crippen molar-refractivity contribution in [3.63, 3.8) is 0 Å². The average molecular weight is 335 g/mol. The molecule has 0 N–H and O–H groups in total. The van der Waals surface area contributed by atoms with Crippen LogP contribution in [0.5, 0.6) is 0 Å². The first-order valence-corrected chi connectivity index (χ1v) is 8.40. The summed E-state index contributed by atoms with van der Waals surface area (Å²) < 4.78 is 0. The van der Waals surface area contributed by atoms with Gasteiger partial charge in [0.15, 0.2) is 0 Å². The number of nitrogens with zero attached hydrogens (tertiary/aromatic N) is 7. The van der Waals surface area contributed by atoms with Gasteiger partial charge in [0.05, 0.1) is 5.52 Å². The molecule has 1 aromatic carbocycles. The van der Waals surface area contributed by atoms with E-state index in [0.717, 1.165) is 48.7 Å². The van der Waals surface area contributed by atoms with Crippen molar-refractivity contribution in [2.75, 3.05) is 55.0 Å². The molecule has 3 aromatic rings. The fraction of sp³-hybridized carbons (Fsp3) is 0.333. The molecular formula is C18H21N7. The number of hydrogen-bond acceptors (Lipinski definition) is 7. The summed E-state index contributed by atoms with van der Waals surface area (Å²) in [6.45, 7) is 3.79. The van der Waals surface area contributed by atoms with Gasteiger partial charge >= 0.3 is 0 Å². The summed E-state index contributed by atoms with van der Waals surface area (Å²) in [4.78, 5) is 23.8. The second-order valence-corrected chi connectivity index (χ2v) is 6.37. The number of piperazine rings is 1. The molecule has 0 aliphatic carbocycles. The molecule has 3 heterocycles. The van der Waals surface area contributed by atoms with Crippen LogP contribution in [0.4, 0.5) is 17.3 Å². The van der Waals surface area contributed by atoms with E-state index < -0.39 is 0 Å². The van der Waals surface area contributed by atoms with E-state index in [0.29, 0.717) is 0 Å². The highest BCUT2D eigenvalue weighted by Gasteiger charge is 2.19. The maximum Gasteiger partial charge on any atom is 0.134 e. The van der Waals surface area contributed by atoms with E-state index in [1.54, 1.807) is 12.7 Å². The van der Waals surface area contributed by atoms with Crippen LogP contribution in [0.3, 0.4) is 0 Å². The van der Waals surface area contributed by atoms with E-state index in [9.17, 15) is 0 Å². The lowest BCUT2D eigenvalue weighted by Gasteiger charge is -2.37. The van der Waals surface area contributed by atoms with Gasteiger partial charge in [-0.05, 0) is 18.2 Å². The predicted molar refractivity (Wildman–Crippen MR) is 100 cm³/mol. The Morgan fingerprint density at radius 2 is 1.68 bits per heavy atom. The number of rotatable bonds is 3. The van der Waals surface area contributed by atoms with Crippen LogP contribution in [0.15, 0.2) is 43.1 Å². The van der Waals surface area contributed by atoms with Crippen LogP contribution in [-0.4, -0.2) is 60.2 Å². The van der Waals surface area contributed by atoms with Crippen molar-refractivity contribution in [3.8, 4) is 0 Å². The van der Waals surface area contributed by atoms with Crippen molar-refractivity contribution in [3.05, 3.63) is 43.1 Å². The summed E-state index contributed by atoms with van der Waals surface area (Å²) in [6.07, 6.45) is 5.09. The number of benzene rings is 1. The molecule has 0 spiro atoms. The van der Waals surface area contributed by atoms with Gasteiger partial charge in [0.2, 0.25) is 0 Å². The molecule has 128 valence electrons. The standard InChI is InChI=1S/C18H21N7/c1-23(2)17-10-18(22-13-21-17)25-7-5-24(6-8-25)15-3-4-16-14(9-15)11-19-12-20-16/h3-4,9-13H,5-8H2,1-2H3. The normalized spacial score (nSPS) is 14.8. The molecule has 1 saturated heterocycles. The molecule has 4 rings (SSSR count). The summed E-state index contributed by atoms with van der Waals surface area (Å²) >= 11 is 0. The molecule has 2 aromatic heterocycles. The number of anilines is 3. The molecule has 0 bridgehead atoms. The van der Waals surface area contributed by atoms with Crippen molar-refractivity contribution in [2.45, 2.75) is 0 Å². The lowest BCUT2D eigenvalue weighted by Crippen LogP contribution is -2.46. The maximum atomic E-state index is 4.44. The second-order valence-electron chi connectivity index (χ2n) is 6.37. The van der Waals surface area contributed by atoms with Gasteiger partial charge in [0, 0.05) is 63.6 Å². The molecule has 7 nitrogen and oxygen atoms in total. The van der Waals surface area contributed by atoms with Crippen LogP contribution in [-0.2, 0) is 0 Å². The fourth-order valence-electron chi connectivity index (χ4n) is 3.12. The van der Waals surface area contributed by atoms with E-state index in [2.05, 4.69) is 47.9 Å². The number of hydrogen-bond donors (Lipinski definition) is 0. The first-order valence-electron chi connectivity index (χ1n) is 8.40. The van der Waals surface area contributed by atoms with Gasteiger partial charge in [0.25, 0.3) is 0 Å². The van der Waals surface area contributed by atoms with Crippen LogP contribution in [0.1, 0.15) is 0 Å². The molecule has 0 atom stereocenters. The van der Waals surface area contributed by atoms with Gasteiger partial charge in [-0.1, -0.05) is 0 Å². The quantitative estimate of drug-likeness (QED) is 0.723. The smallest absolute Gasteiger partial charge is 0.134 e. The van der Waals surface area contributed by atoms with E-state index in [4.69, 9.17) is 0 Å². The number of aromatic nitrogens is 4. The van der Waals surface area contributed by atoms with Crippen LogP contribution < -0.4 is 14.7 Å². The summed E-state index contributed by atoms with van der Waals surface area (Å²) in [6, 6.07) is 8.41. The lowest BCUT2D eigenvalue weighted by molar-refractivity contribution is 0.647. The van der Waals surface area contributed by atoms with Gasteiger partial charge in [-0.3, -0.25) is 0 Å². The van der Waals surface area contributed by atoms with Crippen LogP contribution in [0.25, 0.3) is 10.9 Å². The summed E-state index contributed by atoms with van der Waals surface area (Å²) in [5.41, 5.74) is 2.20. The highest BCUT2D eigenvalue weighted by Crippen LogP contribution is 2.23. The average Bonchev–Trinajstić information content (AvgIpc) is 2.68. The Morgan fingerprint density at radius 3 is 2.48 bits per heavy atom. The molecular weight excluding hydrogens is 314 g/mol. The van der Waals surface area contributed by atoms with Crippen LogP contribution in [0, 0.1) is 0 Å². The van der Waals surface area contributed by atoms with Gasteiger partial charge in [-0.25, -0.2) is 19.9 Å². The Labute approximate surface area is 147 Å². The highest BCUT2D eigenvalue weighted by atomic mass is 15.3. The molecule has 1 aliphatic heterocycles. The topological polar surface area (TPSA) is 61.3 Å². The van der Waals surface area contributed by atoms with E-state index in [1.165, 1.54) is 5.69 Å². The molecule has 0 unspecified atom stereocenters. The molecule has 1 fully saturated rings. The second kappa shape index (κ2) is 6.51. The third kappa shape index (κ3) is 3.17.